The summed E-state index contributed by atoms with van der Waals surface area (Å²) >= 11 is 6.70. The fourth-order valence-electron chi connectivity index (χ4n) is 2.28. The van der Waals surface area contributed by atoms with Crippen LogP contribution in [0.1, 0.15) is 20.8 Å². The molecule has 0 fully saturated rings. The van der Waals surface area contributed by atoms with E-state index in [2.05, 4.69) is 57.1 Å². The highest BCUT2D eigenvalue weighted by Gasteiger charge is 2.02. The van der Waals surface area contributed by atoms with Crippen molar-refractivity contribution in [3.63, 3.8) is 0 Å². The summed E-state index contributed by atoms with van der Waals surface area (Å²) in [5.74, 6) is 1.17. The highest BCUT2D eigenvalue weighted by Crippen LogP contribution is 2.18. The van der Waals surface area contributed by atoms with Gasteiger partial charge in [-0.1, -0.05) is 44.0 Å². The number of nitrogens with one attached hydrogen (secondary N) is 2. The molecule has 30 heavy (non-hydrogen) atoms. The zero-order chi connectivity index (χ0) is 21.3. The molecule has 9 heteroatoms. The molecular weight excluding hydrogens is 514 g/mol. The zero-order valence-electron chi connectivity index (χ0n) is 15.4. The first-order valence-electron chi connectivity index (χ1n) is 8.63. The summed E-state index contributed by atoms with van der Waals surface area (Å²) in [7, 11) is 0. The Balaban J connectivity index is 0.000000172. The lowest BCUT2D eigenvalue weighted by Gasteiger charge is -2.03. The second-order valence-corrected chi connectivity index (χ2v) is 7.73. The van der Waals surface area contributed by atoms with Crippen molar-refractivity contribution in [3.05, 3.63) is 87.3 Å². The minimum atomic E-state index is 0.460. The average Bonchev–Trinajstić information content (AvgIpc) is 3.26. The fourth-order valence-corrected chi connectivity index (χ4v) is 2.80. The van der Waals surface area contributed by atoms with Crippen LogP contribution in [0, 0.1) is 0 Å². The third kappa shape index (κ3) is 6.16. The zero-order valence-corrected chi connectivity index (χ0v) is 18.6. The summed E-state index contributed by atoms with van der Waals surface area (Å²) in [6.07, 6.45) is 5.92. The number of rotatable bonds is 5. The molecule has 0 atom stereocenters. The molecule has 0 bridgehead atoms. The van der Waals surface area contributed by atoms with Gasteiger partial charge in [-0.2, -0.15) is 0 Å². The van der Waals surface area contributed by atoms with E-state index in [0.717, 1.165) is 26.5 Å². The van der Waals surface area contributed by atoms with Gasteiger partial charge in [0.1, 0.15) is 5.82 Å². The van der Waals surface area contributed by atoms with Crippen molar-refractivity contribution < 1.29 is 9.59 Å². The van der Waals surface area contributed by atoms with Crippen LogP contribution in [0.2, 0.25) is 0 Å². The lowest BCUT2D eigenvalue weighted by atomic mass is 10.2. The number of carbonyl (C=O) groups excluding carboxylic acids is 2. The van der Waals surface area contributed by atoms with Crippen molar-refractivity contribution in [2.75, 3.05) is 5.32 Å². The molecule has 0 unspecified atom stereocenters. The summed E-state index contributed by atoms with van der Waals surface area (Å²) in [6.45, 7) is 0. The van der Waals surface area contributed by atoms with Crippen molar-refractivity contribution in [2.45, 2.75) is 0 Å². The van der Waals surface area contributed by atoms with Gasteiger partial charge in [0, 0.05) is 32.6 Å². The number of aromatic amines is 1. The molecule has 0 aliphatic rings. The van der Waals surface area contributed by atoms with Crippen LogP contribution in [-0.2, 0) is 0 Å². The molecule has 0 aliphatic carbocycles. The Morgan fingerprint density at radius 3 is 1.90 bits per heavy atom. The maximum absolute atomic E-state index is 10.4. The van der Waals surface area contributed by atoms with Crippen molar-refractivity contribution in [1.82, 2.24) is 19.9 Å². The highest BCUT2D eigenvalue weighted by atomic mass is 79.9. The number of hydrogen-bond donors (Lipinski definition) is 2. The van der Waals surface area contributed by atoms with Crippen LogP contribution in [0.4, 0.5) is 11.6 Å². The molecule has 0 radical (unpaired) electrons. The molecule has 4 aromatic rings. The minimum Gasteiger partial charge on any atom is -0.336 e. The standard InChI is InChI=1S/C11H8BrN3O.C10H7BrN2O/c12-9-1-3-10(4-2-9)15-11-13-5-8(7-16)6-14-11;11-8-3-1-7(2-4-8)10-12-5-9(6-14)13-10/h1-7H,(H,13,14,15);1-6H,(H,12,13). The molecule has 0 aliphatic heterocycles. The number of H-pyrrole nitrogens is 1. The van der Waals surface area contributed by atoms with Crippen LogP contribution in [0.3, 0.4) is 0 Å². The number of halogens is 2. The molecule has 150 valence electrons. The fraction of sp³-hybridized carbons (Fsp3) is 0. The minimum absolute atomic E-state index is 0.460. The smallest absolute Gasteiger partial charge is 0.227 e. The topological polar surface area (TPSA) is 101 Å². The first-order valence-corrected chi connectivity index (χ1v) is 10.2. The largest absolute Gasteiger partial charge is 0.336 e. The molecule has 7 nitrogen and oxygen atoms in total. The SMILES string of the molecule is O=Cc1cnc(-c2ccc(Br)cc2)[nH]1.O=Cc1cnc(Nc2ccc(Br)cc2)nc1. The highest BCUT2D eigenvalue weighted by molar-refractivity contribution is 9.10. The number of benzene rings is 2. The van der Waals surface area contributed by atoms with Gasteiger partial charge in [0.05, 0.1) is 17.5 Å². The monoisotopic (exact) mass is 527 g/mol. The number of carbonyl (C=O) groups is 2. The van der Waals surface area contributed by atoms with Gasteiger partial charge >= 0.3 is 0 Å². The number of aromatic nitrogens is 4. The van der Waals surface area contributed by atoms with E-state index >= 15 is 0 Å². The van der Waals surface area contributed by atoms with Crippen molar-refractivity contribution >= 4 is 56.1 Å². The van der Waals surface area contributed by atoms with Crippen LogP contribution in [0.15, 0.2) is 76.1 Å². The van der Waals surface area contributed by atoms with Gasteiger partial charge in [-0.25, -0.2) is 15.0 Å². The average molecular weight is 529 g/mol. The summed E-state index contributed by atoms with van der Waals surface area (Å²) in [5.41, 5.74) is 2.80. The second kappa shape index (κ2) is 10.6. The predicted octanol–water partition coefficient (Wildman–Crippen LogP) is 5.45. The summed E-state index contributed by atoms with van der Waals surface area (Å²) in [4.78, 5) is 35.8. The van der Waals surface area contributed by atoms with Crippen molar-refractivity contribution in [3.8, 4) is 11.4 Å². The van der Waals surface area contributed by atoms with Gasteiger partial charge in [-0.05, 0) is 36.4 Å². The molecule has 2 aromatic heterocycles. The number of aldehydes is 2. The maximum atomic E-state index is 10.4. The molecule has 0 spiro atoms. The molecule has 0 amide bonds. The Morgan fingerprint density at radius 2 is 1.37 bits per heavy atom. The lowest BCUT2D eigenvalue weighted by molar-refractivity contribution is 0.111. The van der Waals surface area contributed by atoms with Gasteiger partial charge in [0.2, 0.25) is 5.95 Å². The van der Waals surface area contributed by atoms with Crippen LogP contribution < -0.4 is 5.32 Å². The molecule has 4 rings (SSSR count). The van der Waals surface area contributed by atoms with Crippen molar-refractivity contribution in [2.24, 2.45) is 0 Å². The van der Waals surface area contributed by atoms with E-state index in [1.807, 2.05) is 48.5 Å². The summed E-state index contributed by atoms with van der Waals surface area (Å²) in [5, 5.41) is 3.02. The maximum Gasteiger partial charge on any atom is 0.227 e. The van der Waals surface area contributed by atoms with Gasteiger partial charge < -0.3 is 10.3 Å². The molecule has 0 saturated carbocycles. The van der Waals surface area contributed by atoms with Crippen LogP contribution in [0.5, 0.6) is 0 Å². The quantitative estimate of drug-likeness (QED) is 0.334. The molecule has 0 saturated heterocycles. The molecular formula is C21H15Br2N5O2. The number of anilines is 2. The van der Waals surface area contributed by atoms with E-state index in [1.165, 1.54) is 18.6 Å². The Hall–Kier alpha value is -3.17. The Labute approximate surface area is 189 Å². The third-order valence-corrected chi connectivity index (χ3v) is 4.81. The predicted molar refractivity (Wildman–Crippen MR) is 122 cm³/mol. The van der Waals surface area contributed by atoms with Crippen molar-refractivity contribution in [1.29, 1.82) is 0 Å². The van der Waals surface area contributed by atoms with E-state index in [9.17, 15) is 9.59 Å². The van der Waals surface area contributed by atoms with E-state index in [1.54, 1.807) is 0 Å². The van der Waals surface area contributed by atoms with Gasteiger partial charge in [-0.3, -0.25) is 9.59 Å². The molecule has 2 N–H and O–H groups in total. The van der Waals surface area contributed by atoms with Crippen LogP contribution in [0.25, 0.3) is 11.4 Å². The summed E-state index contributed by atoms with van der Waals surface area (Å²) < 4.78 is 2.03. The van der Waals surface area contributed by atoms with E-state index in [4.69, 9.17) is 0 Å². The van der Waals surface area contributed by atoms with Gasteiger partial charge in [0.25, 0.3) is 0 Å². The number of imidazole rings is 1. The Kier molecular flexibility index (Phi) is 7.58. The van der Waals surface area contributed by atoms with E-state index in [0.29, 0.717) is 29.3 Å². The van der Waals surface area contributed by atoms with Gasteiger partial charge in [-0.15, -0.1) is 0 Å². The second-order valence-electron chi connectivity index (χ2n) is 5.90. The Bertz CT molecular complexity index is 1110. The van der Waals surface area contributed by atoms with Crippen LogP contribution >= 0.6 is 31.9 Å². The van der Waals surface area contributed by atoms with Gasteiger partial charge in [0.15, 0.2) is 12.6 Å². The molecule has 2 heterocycles. The van der Waals surface area contributed by atoms with E-state index < -0.39 is 0 Å². The first kappa shape index (κ1) is 21.5. The number of hydrogen-bond acceptors (Lipinski definition) is 6. The molecule has 2 aromatic carbocycles. The third-order valence-electron chi connectivity index (χ3n) is 3.75. The summed E-state index contributed by atoms with van der Waals surface area (Å²) in [6, 6.07) is 15.4. The van der Waals surface area contributed by atoms with Crippen LogP contribution in [-0.4, -0.2) is 32.5 Å². The van der Waals surface area contributed by atoms with E-state index in [-0.39, 0.29) is 0 Å². The number of nitrogens with zero attached hydrogens (tertiary/aromatic N) is 3. The normalized spacial score (nSPS) is 9.93. The Morgan fingerprint density at radius 1 is 0.767 bits per heavy atom. The first-order chi connectivity index (χ1) is 14.6. The lowest BCUT2D eigenvalue weighted by Crippen LogP contribution is -1.97.